The molecule has 0 radical (unpaired) electrons. The molecule has 2 rings (SSSR count). The molecule has 2 fully saturated rings. The molecule has 0 spiro atoms. The molecule has 2 N–H and O–H groups in total. The first-order valence-corrected chi connectivity index (χ1v) is 10.0. The van der Waals surface area contributed by atoms with Crippen molar-refractivity contribution in [3.63, 3.8) is 0 Å². The second kappa shape index (κ2) is 9.36. The van der Waals surface area contributed by atoms with Gasteiger partial charge in [0.05, 0.1) is 5.25 Å². The number of halogens is 1. The number of carbonyl (C=O) groups is 1. The summed E-state index contributed by atoms with van der Waals surface area (Å²) in [6.07, 6.45) is 2.74. The van der Waals surface area contributed by atoms with E-state index in [4.69, 9.17) is 0 Å². The standard InChI is InChI=1S/C15H29N5O3S.HI/c1-11(2)18-24(22,23)13-7-8-20(10-13)15(17-12-5-6-12)16-9-14(21)19(3)4;/h11-13,18H,5-10H2,1-4H3,(H,16,17);1H. The highest BCUT2D eigenvalue weighted by atomic mass is 127. The molecule has 25 heavy (non-hydrogen) atoms. The van der Waals surface area contributed by atoms with Crippen LogP contribution in [0.4, 0.5) is 0 Å². The molecule has 1 unspecified atom stereocenters. The van der Waals surface area contributed by atoms with E-state index in [0.717, 1.165) is 12.8 Å². The second-order valence-corrected chi connectivity index (χ2v) is 9.01. The van der Waals surface area contributed by atoms with Gasteiger partial charge in [-0.05, 0) is 33.1 Å². The minimum atomic E-state index is -3.33. The molecule has 8 nitrogen and oxygen atoms in total. The third-order valence-electron chi connectivity index (χ3n) is 4.06. The molecule has 0 bridgehead atoms. The van der Waals surface area contributed by atoms with E-state index in [1.165, 1.54) is 4.90 Å². The van der Waals surface area contributed by atoms with Crippen molar-refractivity contribution >= 4 is 45.9 Å². The fraction of sp³-hybridized carbons (Fsp3) is 0.867. The molecular weight excluding hydrogens is 457 g/mol. The van der Waals surface area contributed by atoms with Crippen molar-refractivity contribution in [2.24, 2.45) is 4.99 Å². The van der Waals surface area contributed by atoms with E-state index >= 15 is 0 Å². The monoisotopic (exact) mass is 487 g/mol. The molecule has 0 aromatic rings. The van der Waals surface area contributed by atoms with Crippen LogP contribution in [-0.4, -0.2) is 81.1 Å². The maximum atomic E-state index is 12.3. The third kappa shape index (κ3) is 6.89. The molecule has 1 aliphatic carbocycles. The molecular formula is C15H30IN5O3S. The lowest BCUT2D eigenvalue weighted by molar-refractivity contribution is -0.127. The summed E-state index contributed by atoms with van der Waals surface area (Å²) in [6, 6.07) is 0.280. The number of nitrogens with one attached hydrogen (secondary N) is 2. The van der Waals surface area contributed by atoms with Crippen molar-refractivity contribution in [3.05, 3.63) is 0 Å². The van der Waals surface area contributed by atoms with Gasteiger partial charge in [-0.15, -0.1) is 24.0 Å². The lowest BCUT2D eigenvalue weighted by Gasteiger charge is -2.22. The smallest absolute Gasteiger partial charge is 0.243 e. The predicted octanol–water partition coefficient (Wildman–Crippen LogP) is 0.203. The van der Waals surface area contributed by atoms with E-state index in [0.29, 0.717) is 31.5 Å². The molecule has 1 saturated heterocycles. The van der Waals surface area contributed by atoms with Crippen LogP contribution in [0.3, 0.4) is 0 Å². The van der Waals surface area contributed by atoms with E-state index in [9.17, 15) is 13.2 Å². The Morgan fingerprint density at radius 3 is 2.44 bits per heavy atom. The van der Waals surface area contributed by atoms with Crippen molar-refractivity contribution in [2.75, 3.05) is 33.7 Å². The first kappa shape index (κ1) is 22.4. The summed E-state index contributed by atoms with van der Waals surface area (Å²) in [4.78, 5) is 19.6. The van der Waals surface area contributed by atoms with Gasteiger partial charge in [0.25, 0.3) is 0 Å². The number of likely N-dealkylation sites (N-methyl/N-ethyl adjacent to an activating group) is 1. The van der Waals surface area contributed by atoms with Crippen LogP contribution in [0.5, 0.6) is 0 Å². The Morgan fingerprint density at radius 2 is 1.92 bits per heavy atom. The first-order valence-electron chi connectivity index (χ1n) is 8.46. The molecule has 1 aliphatic heterocycles. The highest BCUT2D eigenvalue weighted by Crippen LogP contribution is 2.21. The quantitative estimate of drug-likeness (QED) is 0.317. The maximum absolute atomic E-state index is 12.3. The van der Waals surface area contributed by atoms with Crippen molar-refractivity contribution in [3.8, 4) is 0 Å². The van der Waals surface area contributed by atoms with Crippen LogP contribution in [0.15, 0.2) is 4.99 Å². The number of nitrogens with zero attached hydrogens (tertiary/aromatic N) is 3. The summed E-state index contributed by atoms with van der Waals surface area (Å²) in [5.41, 5.74) is 0. The van der Waals surface area contributed by atoms with Crippen LogP contribution in [-0.2, 0) is 14.8 Å². The van der Waals surface area contributed by atoms with Gasteiger partial charge in [0.1, 0.15) is 6.54 Å². The van der Waals surface area contributed by atoms with Crippen molar-refractivity contribution < 1.29 is 13.2 Å². The summed E-state index contributed by atoms with van der Waals surface area (Å²) in [7, 11) is 0.0598. The minimum absolute atomic E-state index is 0. The van der Waals surface area contributed by atoms with Gasteiger partial charge in [-0.3, -0.25) is 4.79 Å². The number of amides is 1. The summed E-state index contributed by atoms with van der Waals surface area (Å²) >= 11 is 0. The predicted molar refractivity (Wildman–Crippen MR) is 110 cm³/mol. The Morgan fingerprint density at radius 1 is 1.28 bits per heavy atom. The van der Waals surface area contributed by atoms with E-state index in [1.54, 1.807) is 14.1 Å². The normalized spacial score (nSPS) is 21.2. The third-order valence-corrected chi connectivity index (χ3v) is 6.12. The van der Waals surface area contributed by atoms with Gasteiger partial charge in [-0.1, -0.05) is 0 Å². The van der Waals surface area contributed by atoms with E-state index in [1.807, 2.05) is 18.7 Å². The minimum Gasteiger partial charge on any atom is -0.353 e. The molecule has 146 valence electrons. The van der Waals surface area contributed by atoms with Crippen molar-refractivity contribution in [2.45, 2.75) is 50.4 Å². The van der Waals surface area contributed by atoms with Gasteiger partial charge in [0.2, 0.25) is 15.9 Å². The first-order chi connectivity index (χ1) is 11.2. The number of hydrogen-bond donors (Lipinski definition) is 2. The lowest BCUT2D eigenvalue weighted by atomic mass is 10.4. The van der Waals surface area contributed by atoms with Gasteiger partial charge < -0.3 is 15.1 Å². The number of hydrogen-bond acceptors (Lipinski definition) is 4. The summed E-state index contributed by atoms with van der Waals surface area (Å²) in [6.45, 7) is 4.73. The largest absolute Gasteiger partial charge is 0.353 e. The maximum Gasteiger partial charge on any atom is 0.243 e. The number of sulfonamides is 1. The molecule has 2 aliphatic rings. The lowest BCUT2D eigenvalue weighted by Crippen LogP contribution is -2.44. The van der Waals surface area contributed by atoms with Gasteiger partial charge in [0, 0.05) is 39.3 Å². The van der Waals surface area contributed by atoms with Gasteiger partial charge >= 0.3 is 0 Å². The highest BCUT2D eigenvalue weighted by Gasteiger charge is 2.36. The topological polar surface area (TPSA) is 94.1 Å². The average molecular weight is 487 g/mol. The zero-order valence-corrected chi connectivity index (χ0v) is 18.5. The Balaban J connectivity index is 0.00000312. The number of aliphatic imine (C=N–C) groups is 1. The summed E-state index contributed by atoms with van der Waals surface area (Å²) < 4.78 is 27.3. The fourth-order valence-electron chi connectivity index (χ4n) is 2.53. The van der Waals surface area contributed by atoms with Crippen molar-refractivity contribution in [1.82, 2.24) is 19.8 Å². The van der Waals surface area contributed by atoms with Gasteiger partial charge in [-0.2, -0.15) is 0 Å². The summed E-state index contributed by atoms with van der Waals surface area (Å²) in [5.74, 6) is 0.574. The summed E-state index contributed by atoms with van der Waals surface area (Å²) in [5, 5.41) is 2.88. The molecule has 1 saturated carbocycles. The Hall–Kier alpha value is -0.620. The number of likely N-dealkylation sites (tertiary alicyclic amines) is 1. The molecule has 1 heterocycles. The zero-order valence-electron chi connectivity index (χ0n) is 15.4. The van der Waals surface area contributed by atoms with Crippen LogP contribution in [0.25, 0.3) is 0 Å². The molecule has 0 aromatic carbocycles. The van der Waals surface area contributed by atoms with E-state index in [2.05, 4.69) is 15.0 Å². The fourth-order valence-corrected chi connectivity index (χ4v) is 4.17. The second-order valence-electron chi connectivity index (χ2n) is 7.02. The van der Waals surface area contributed by atoms with E-state index < -0.39 is 15.3 Å². The van der Waals surface area contributed by atoms with Crippen LogP contribution >= 0.6 is 24.0 Å². The Kier molecular flexibility index (Phi) is 8.39. The van der Waals surface area contributed by atoms with Crippen LogP contribution in [0.1, 0.15) is 33.1 Å². The Bertz CT molecular complexity index is 590. The number of guanidine groups is 1. The molecule has 1 amide bonds. The van der Waals surface area contributed by atoms with Gasteiger partial charge in [-0.25, -0.2) is 18.1 Å². The SMILES string of the molecule is CC(C)NS(=O)(=O)C1CCN(C(=NCC(=O)N(C)C)NC2CC2)C1.I. The molecule has 10 heteroatoms. The van der Waals surface area contributed by atoms with Crippen LogP contribution < -0.4 is 10.0 Å². The highest BCUT2D eigenvalue weighted by molar-refractivity contribution is 14.0. The number of rotatable bonds is 6. The Labute approximate surface area is 167 Å². The van der Waals surface area contributed by atoms with Crippen LogP contribution in [0.2, 0.25) is 0 Å². The average Bonchev–Trinajstić information content (AvgIpc) is 3.13. The number of carbonyl (C=O) groups excluding carboxylic acids is 1. The van der Waals surface area contributed by atoms with Crippen LogP contribution in [0, 0.1) is 0 Å². The molecule has 1 atom stereocenters. The zero-order chi connectivity index (χ0) is 17.9. The van der Waals surface area contributed by atoms with Crippen molar-refractivity contribution in [1.29, 1.82) is 0 Å². The molecule has 0 aromatic heterocycles. The van der Waals surface area contributed by atoms with E-state index in [-0.39, 0.29) is 42.5 Å². The van der Waals surface area contributed by atoms with Gasteiger partial charge in [0.15, 0.2) is 5.96 Å².